The maximum atomic E-state index is 12.8. The number of rotatable bonds is 3. The zero-order chi connectivity index (χ0) is 17.5. The van der Waals surface area contributed by atoms with Crippen LogP contribution < -0.4 is 5.32 Å². The summed E-state index contributed by atoms with van der Waals surface area (Å²) in [7, 11) is 0. The van der Waals surface area contributed by atoms with Crippen molar-refractivity contribution in [2.75, 3.05) is 6.54 Å². The standard InChI is InChI=1S/C20H25N5O/c26-20(25-12-17-6-15-5-16(7-17)9-18(25)8-15)23-11-14-1-2-19(22-10-14)24-4-3-21-13-24/h1-4,10,13,15-18H,5-9,11-12H2,(H,23,26). The zero-order valence-corrected chi connectivity index (χ0v) is 14.9. The van der Waals surface area contributed by atoms with Crippen LogP contribution in [-0.2, 0) is 6.54 Å². The second kappa shape index (κ2) is 6.41. The van der Waals surface area contributed by atoms with E-state index in [2.05, 4.69) is 20.2 Å². The van der Waals surface area contributed by atoms with E-state index in [1.165, 1.54) is 32.1 Å². The molecule has 2 saturated carbocycles. The molecule has 0 radical (unpaired) electrons. The Kier molecular flexibility index (Phi) is 3.91. The normalized spacial score (nSPS) is 29.6. The summed E-state index contributed by atoms with van der Waals surface area (Å²) < 4.78 is 1.87. The van der Waals surface area contributed by atoms with Crippen LogP contribution in [0.25, 0.3) is 5.82 Å². The van der Waals surface area contributed by atoms with Crippen LogP contribution in [0.5, 0.6) is 0 Å². The van der Waals surface area contributed by atoms with Gasteiger partial charge in [0.15, 0.2) is 0 Å². The average molecular weight is 351 g/mol. The highest BCUT2D eigenvalue weighted by molar-refractivity contribution is 5.74. The second-order valence-corrected chi connectivity index (χ2v) is 8.24. The molecule has 136 valence electrons. The zero-order valence-electron chi connectivity index (χ0n) is 14.9. The number of amides is 2. The molecule has 6 nitrogen and oxygen atoms in total. The van der Waals surface area contributed by atoms with Crippen LogP contribution in [0, 0.1) is 17.8 Å². The topological polar surface area (TPSA) is 63.1 Å². The van der Waals surface area contributed by atoms with E-state index in [0.29, 0.717) is 18.5 Å². The summed E-state index contributed by atoms with van der Waals surface area (Å²) in [4.78, 5) is 23.4. The summed E-state index contributed by atoms with van der Waals surface area (Å²) in [5, 5.41) is 3.12. The Morgan fingerprint density at radius 3 is 2.62 bits per heavy atom. The Morgan fingerprint density at radius 2 is 1.92 bits per heavy atom. The molecule has 1 N–H and O–H groups in total. The number of nitrogens with zero attached hydrogens (tertiary/aromatic N) is 4. The van der Waals surface area contributed by atoms with Gasteiger partial charge in [0.2, 0.25) is 0 Å². The van der Waals surface area contributed by atoms with Crippen molar-refractivity contribution in [2.45, 2.75) is 44.7 Å². The first-order valence-electron chi connectivity index (χ1n) is 9.72. The van der Waals surface area contributed by atoms with Crippen LogP contribution in [0.15, 0.2) is 37.1 Å². The van der Waals surface area contributed by atoms with Crippen molar-refractivity contribution in [1.29, 1.82) is 0 Å². The molecule has 2 aliphatic carbocycles. The van der Waals surface area contributed by atoms with Gasteiger partial charge in [0.1, 0.15) is 12.1 Å². The molecule has 0 aromatic carbocycles. The van der Waals surface area contributed by atoms with E-state index in [0.717, 1.165) is 29.8 Å². The smallest absolute Gasteiger partial charge is 0.317 e. The van der Waals surface area contributed by atoms with Crippen molar-refractivity contribution in [3.05, 3.63) is 42.6 Å². The molecule has 2 unspecified atom stereocenters. The van der Waals surface area contributed by atoms with E-state index < -0.39 is 0 Å². The number of fused-ring (bicyclic) bond motifs is 1. The van der Waals surface area contributed by atoms with E-state index in [-0.39, 0.29) is 6.03 Å². The fourth-order valence-electron chi connectivity index (χ4n) is 5.38. The van der Waals surface area contributed by atoms with E-state index in [9.17, 15) is 4.79 Å². The number of pyridine rings is 1. The third-order valence-electron chi connectivity index (χ3n) is 6.39. The molecule has 6 heteroatoms. The molecule has 2 aliphatic heterocycles. The number of urea groups is 1. The number of aromatic nitrogens is 3. The lowest BCUT2D eigenvalue weighted by Gasteiger charge is -2.38. The van der Waals surface area contributed by atoms with Crippen LogP contribution in [0.4, 0.5) is 4.79 Å². The van der Waals surface area contributed by atoms with Gasteiger partial charge < -0.3 is 10.2 Å². The van der Waals surface area contributed by atoms with E-state index in [1.54, 1.807) is 12.5 Å². The average Bonchev–Trinajstić information content (AvgIpc) is 3.11. The third-order valence-corrected chi connectivity index (χ3v) is 6.39. The Labute approximate surface area is 153 Å². The van der Waals surface area contributed by atoms with Crippen LogP contribution in [0.3, 0.4) is 0 Å². The first kappa shape index (κ1) is 15.9. The van der Waals surface area contributed by atoms with Crippen molar-refractivity contribution in [1.82, 2.24) is 24.8 Å². The summed E-state index contributed by atoms with van der Waals surface area (Å²) in [5.41, 5.74) is 1.02. The fraction of sp³-hybridized carbons (Fsp3) is 0.550. The first-order chi connectivity index (χ1) is 12.7. The van der Waals surface area contributed by atoms with Gasteiger partial charge in [0, 0.05) is 37.7 Å². The van der Waals surface area contributed by atoms with Gasteiger partial charge in [0.05, 0.1) is 0 Å². The van der Waals surface area contributed by atoms with Gasteiger partial charge in [-0.15, -0.1) is 0 Å². The fourth-order valence-corrected chi connectivity index (χ4v) is 5.38. The summed E-state index contributed by atoms with van der Waals surface area (Å²) in [5.74, 6) is 3.26. The van der Waals surface area contributed by atoms with Crippen LogP contribution in [0.1, 0.15) is 37.7 Å². The minimum absolute atomic E-state index is 0.0990. The van der Waals surface area contributed by atoms with Crippen LogP contribution in [0.2, 0.25) is 0 Å². The van der Waals surface area contributed by atoms with Crippen LogP contribution >= 0.6 is 0 Å². The van der Waals surface area contributed by atoms with Crippen molar-refractivity contribution in [3.63, 3.8) is 0 Å². The van der Waals surface area contributed by atoms with Crippen LogP contribution in [-0.4, -0.2) is 38.1 Å². The summed E-state index contributed by atoms with van der Waals surface area (Å²) in [6.07, 6.45) is 13.6. The molecule has 2 atom stereocenters. The lowest BCUT2D eigenvalue weighted by atomic mass is 9.68. The van der Waals surface area contributed by atoms with E-state index in [4.69, 9.17) is 0 Å². The highest BCUT2D eigenvalue weighted by Gasteiger charge is 2.43. The highest BCUT2D eigenvalue weighted by Crippen LogP contribution is 2.47. The maximum Gasteiger partial charge on any atom is 0.317 e. The number of hydrogen-bond donors (Lipinski definition) is 1. The van der Waals surface area contributed by atoms with E-state index >= 15 is 0 Å². The molecule has 6 rings (SSSR count). The van der Waals surface area contributed by atoms with Gasteiger partial charge in [-0.05, 0) is 61.5 Å². The molecule has 2 amide bonds. The number of nitrogens with one attached hydrogen (secondary N) is 1. The number of hydrogen-bond acceptors (Lipinski definition) is 3. The van der Waals surface area contributed by atoms with Gasteiger partial charge in [-0.1, -0.05) is 6.07 Å². The minimum atomic E-state index is 0.0990. The molecule has 2 aromatic heterocycles. The lowest BCUT2D eigenvalue weighted by molar-refractivity contribution is 0.131. The third kappa shape index (κ3) is 2.97. The van der Waals surface area contributed by atoms with Gasteiger partial charge in [-0.3, -0.25) is 4.57 Å². The molecule has 0 spiro atoms. The van der Waals surface area contributed by atoms with Gasteiger partial charge in [-0.25, -0.2) is 14.8 Å². The largest absolute Gasteiger partial charge is 0.334 e. The molecular formula is C20H25N5O. The Balaban J connectivity index is 1.22. The minimum Gasteiger partial charge on any atom is -0.334 e. The molecule has 2 aromatic rings. The maximum absolute atomic E-state index is 12.8. The quantitative estimate of drug-likeness (QED) is 0.925. The predicted molar refractivity (Wildman–Crippen MR) is 97.6 cm³/mol. The van der Waals surface area contributed by atoms with Gasteiger partial charge >= 0.3 is 6.03 Å². The van der Waals surface area contributed by atoms with Gasteiger partial charge in [0.25, 0.3) is 0 Å². The lowest BCUT2D eigenvalue weighted by Crippen LogP contribution is -2.47. The predicted octanol–water partition coefficient (Wildman–Crippen LogP) is 2.99. The molecular weight excluding hydrogens is 326 g/mol. The Bertz CT molecular complexity index is 758. The summed E-state index contributed by atoms with van der Waals surface area (Å²) >= 11 is 0. The molecule has 4 fully saturated rings. The number of carbonyl (C=O) groups excluding carboxylic acids is 1. The van der Waals surface area contributed by atoms with Gasteiger partial charge in [-0.2, -0.15) is 0 Å². The molecule has 26 heavy (non-hydrogen) atoms. The van der Waals surface area contributed by atoms with E-state index in [1.807, 2.05) is 29.1 Å². The molecule has 4 heterocycles. The van der Waals surface area contributed by atoms with Crippen molar-refractivity contribution in [2.24, 2.45) is 17.8 Å². The highest BCUT2D eigenvalue weighted by atomic mass is 16.2. The first-order valence-corrected chi connectivity index (χ1v) is 9.72. The number of imidazole rings is 1. The Hall–Kier alpha value is -2.37. The Morgan fingerprint density at radius 1 is 1.12 bits per heavy atom. The molecule has 2 saturated heterocycles. The number of carbonyl (C=O) groups is 1. The summed E-state index contributed by atoms with van der Waals surface area (Å²) in [6.45, 7) is 1.47. The second-order valence-electron chi connectivity index (χ2n) is 8.24. The molecule has 4 bridgehead atoms. The SMILES string of the molecule is O=C(NCc1ccc(-n2ccnc2)nc1)N1CC2CC3CC(C2)CC1C3. The monoisotopic (exact) mass is 351 g/mol. The molecule has 4 aliphatic rings. The van der Waals surface area contributed by atoms with Crippen molar-refractivity contribution >= 4 is 6.03 Å². The van der Waals surface area contributed by atoms with Crippen molar-refractivity contribution in [3.8, 4) is 5.82 Å². The summed E-state index contributed by atoms with van der Waals surface area (Å²) in [6, 6.07) is 4.52. The van der Waals surface area contributed by atoms with Crippen molar-refractivity contribution < 1.29 is 4.79 Å².